The third-order valence-electron chi connectivity index (χ3n) is 2.78. The molecule has 14 heavy (non-hydrogen) atoms. The van der Waals surface area contributed by atoms with Crippen molar-refractivity contribution in [2.75, 3.05) is 6.54 Å². The highest BCUT2D eigenvalue weighted by Crippen LogP contribution is 2.18. The Bertz CT molecular complexity index is 333. The molecule has 0 aliphatic carbocycles. The van der Waals surface area contributed by atoms with Gasteiger partial charge in [-0.1, -0.05) is 38.1 Å². The molecule has 0 aromatic heterocycles. The smallest absolute Gasteiger partial charge is 0.0421 e. The third-order valence-corrected chi connectivity index (χ3v) is 2.78. The fraction of sp³-hybridized carbons (Fsp3) is 0.462. The van der Waals surface area contributed by atoms with E-state index in [9.17, 15) is 0 Å². The molecule has 1 aliphatic rings. The molecule has 1 nitrogen and oxygen atoms in total. The second-order valence-electron chi connectivity index (χ2n) is 4.21. The molecule has 0 fully saturated rings. The number of benzene rings is 1. The van der Waals surface area contributed by atoms with Gasteiger partial charge in [0.15, 0.2) is 0 Å². The van der Waals surface area contributed by atoms with Gasteiger partial charge < -0.3 is 0 Å². The number of hydrogen-bond acceptors (Lipinski definition) is 1. The quantitative estimate of drug-likeness (QED) is 0.673. The summed E-state index contributed by atoms with van der Waals surface area (Å²) >= 11 is 0. The number of hydrogen-bond donors (Lipinski definition) is 0. The van der Waals surface area contributed by atoms with E-state index in [-0.39, 0.29) is 0 Å². The summed E-state index contributed by atoms with van der Waals surface area (Å²) in [5, 5.41) is 0. The Balaban J connectivity index is 2.21. The van der Waals surface area contributed by atoms with E-state index in [1.165, 1.54) is 23.3 Å². The predicted molar refractivity (Wildman–Crippen MR) is 61.2 cm³/mol. The molecule has 0 unspecified atom stereocenters. The first-order chi connectivity index (χ1) is 6.77. The largest absolute Gasteiger partial charge is 0.289 e. The zero-order valence-corrected chi connectivity index (χ0v) is 8.96. The Labute approximate surface area is 85.9 Å². The van der Waals surface area contributed by atoms with Crippen molar-refractivity contribution in [1.29, 1.82) is 0 Å². The first-order valence-corrected chi connectivity index (χ1v) is 5.41. The molecule has 1 heterocycles. The van der Waals surface area contributed by atoms with E-state index in [0.29, 0.717) is 5.92 Å². The van der Waals surface area contributed by atoms with Crippen LogP contribution in [0.5, 0.6) is 0 Å². The summed E-state index contributed by atoms with van der Waals surface area (Å²) in [5.74, 6) is 0.620. The van der Waals surface area contributed by atoms with Crippen LogP contribution in [0.25, 0.3) is 0 Å². The fourth-order valence-corrected chi connectivity index (χ4v) is 1.84. The lowest BCUT2D eigenvalue weighted by atomic mass is 9.99. The third kappa shape index (κ3) is 1.87. The first-order valence-electron chi connectivity index (χ1n) is 5.41. The molecule has 0 radical (unpaired) electrons. The zero-order chi connectivity index (χ0) is 9.97. The molecule has 0 amide bonds. The number of aliphatic imine (C=N–C) groups is 1. The van der Waals surface area contributed by atoms with Crippen LogP contribution in [0.1, 0.15) is 43.7 Å². The molecule has 1 aromatic carbocycles. The summed E-state index contributed by atoms with van der Waals surface area (Å²) in [4.78, 5) is 4.50. The van der Waals surface area contributed by atoms with Crippen molar-refractivity contribution in [1.82, 2.24) is 0 Å². The minimum absolute atomic E-state index is 0.620. The highest BCUT2D eigenvalue weighted by atomic mass is 14.8. The maximum atomic E-state index is 4.50. The summed E-state index contributed by atoms with van der Waals surface area (Å²) in [6.45, 7) is 5.46. The predicted octanol–water partition coefficient (Wildman–Crippen LogP) is 3.39. The molecular formula is C13H17N. The molecule has 0 bridgehead atoms. The van der Waals surface area contributed by atoms with Crippen LogP contribution in [0.3, 0.4) is 0 Å². The van der Waals surface area contributed by atoms with E-state index in [0.717, 1.165) is 13.0 Å². The van der Waals surface area contributed by atoms with Gasteiger partial charge in [-0.2, -0.15) is 0 Å². The fourth-order valence-electron chi connectivity index (χ4n) is 1.84. The molecule has 0 atom stereocenters. The normalized spacial score (nSPS) is 16.1. The Morgan fingerprint density at radius 2 is 1.86 bits per heavy atom. The van der Waals surface area contributed by atoms with Gasteiger partial charge in [0.2, 0.25) is 0 Å². The van der Waals surface area contributed by atoms with Crippen LogP contribution in [0.15, 0.2) is 29.3 Å². The molecule has 0 saturated heterocycles. The van der Waals surface area contributed by atoms with Crippen LogP contribution in [-0.4, -0.2) is 12.3 Å². The maximum absolute atomic E-state index is 4.50. The van der Waals surface area contributed by atoms with Crippen molar-refractivity contribution in [2.24, 2.45) is 4.99 Å². The summed E-state index contributed by atoms with van der Waals surface area (Å²) < 4.78 is 0. The van der Waals surface area contributed by atoms with Gasteiger partial charge in [0.25, 0.3) is 0 Å². The number of nitrogens with zero attached hydrogens (tertiary/aromatic N) is 1. The van der Waals surface area contributed by atoms with E-state index in [1.54, 1.807) is 0 Å². The Hall–Kier alpha value is -1.11. The van der Waals surface area contributed by atoms with E-state index >= 15 is 0 Å². The van der Waals surface area contributed by atoms with Crippen LogP contribution >= 0.6 is 0 Å². The standard InChI is InChI=1S/C13H17N/c1-10(2)11-5-7-12(8-6-11)13-4-3-9-14-13/h5-8,10H,3-4,9H2,1-2H3. The van der Waals surface area contributed by atoms with Crippen LogP contribution in [0, 0.1) is 0 Å². The Kier molecular flexibility index (Phi) is 2.67. The highest BCUT2D eigenvalue weighted by Gasteiger charge is 2.08. The van der Waals surface area contributed by atoms with Crippen LogP contribution < -0.4 is 0 Å². The average molecular weight is 187 g/mol. The summed E-state index contributed by atoms with van der Waals surface area (Å²) in [6, 6.07) is 8.86. The zero-order valence-electron chi connectivity index (χ0n) is 8.96. The Morgan fingerprint density at radius 1 is 1.14 bits per heavy atom. The molecule has 2 rings (SSSR count). The van der Waals surface area contributed by atoms with Crippen molar-refractivity contribution in [3.8, 4) is 0 Å². The molecule has 0 saturated carbocycles. The average Bonchev–Trinajstić information content (AvgIpc) is 2.71. The minimum Gasteiger partial charge on any atom is -0.289 e. The van der Waals surface area contributed by atoms with E-state index in [2.05, 4.69) is 43.1 Å². The van der Waals surface area contributed by atoms with Gasteiger partial charge in [-0.3, -0.25) is 4.99 Å². The van der Waals surface area contributed by atoms with E-state index < -0.39 is 0 Å². The van der Waals surface area contributed by atoms with Gasteiger partial charge in [0.05, 0.1) is 0 Å². The van der Waals surface area contributed by atoms with Gasteiger partial charge in [-0.25, -0.2) is 0 Å². The summed E-state index contributed by atoms with van der Waals surface area (Å²) in [7, 11) is 0. The van der Waals surface area contributed by atoms with Crippen LogP contribution in [0.2, 0.25) is 0 Å². The monoisotopic (exact) mass is 187 g/mol. The van der Waals surface area contributed by atoms with Crippen LogP contribution in [-0.2, 0) is 0 Å². The van der Waals surface area contributed by atoms with E-state index in [1.807, 2.05) is 0 Å². The molecule has 0 N–H and O–H groups in total. The van der Waals surface area contributed by atoms with Gasteiger partial charge >= 0.3 is 0 Å². The van der Waals surface area contributed by atoms with Gasteiger partial charge in [0, 0.05) is 12.3 Å². The summed E-state index contributed by atoms with van der Waals surface area (Å²) in [6.07, 6.45) is 2.38. The lowest BCUT2D eigenvalue weighted by molar-refractivity contribution is 0.866. The SMILES string of the molecule is CC(C)c1ccc(C2=NCCC2)cc1. The second-order valence-corrected chi connectivity index (χ2v) is 4.21. The molecule has 1 heteroatoms. The molecule has 74 valence electrons. The number of rotatable bonds is 2. The van der Waals surface area contributed by atoms with E-state index in [4.69, 9.17) is 0 Å². The Morgan fingerprint density at radius 3 is 2.36 bits per heavy atom. The van der Waals surface area contributed by atoms with Gasteiger partial charge in [-0.05, 0) is 29.9 Å². The van der Waals surface area contributed by atoms with Crippen LogP contribution in [0.4, 0.5) is 0 Å². The molecule has 1 aliphatic heterocycles. The summed E-state index contributed by atoms with van der Waals surface area (Å²) in [5.41, 5.74) is 4.01. The van der Waals surface area contributed by atoms with Gasteiger partial charge in [-0.15, -0.1) is 0 Å². The minimum atomic E-state index is 0.620. The van der Waals surface area contributed by atoms with Crippen molar-refractivity contribution in [3.63, 3.8) is 0 Å². The topological polar surface area (TPSA) is 12.4 Å². The lowest BCUT2D eigenvalue weighted by Gasteiger charge is -2.06. The van der Waals surface area contributed by atoms with Gasteiger partial charge in [0.1, 0.15) is 0 Å². The molecule has 1 aromatic rings. The molecular weight excluding hydrogens is 170 g/mol. The molecule has 0 spiro atoms. The maximum Gasteiger partial charge on any atom is 0.0421 e. The lowest BCUT2D eigenvalue weighted by Crippen LogP contribution is -1.96. The van der Waals surface area contributed by atoms with Crippen molar-refractivity contribution in [2.45, 2.75) is 32.6 Å². The van der Waals surface area contributed by atoms with Crippen molar-refractivity contribution in [3.05, 3.63) is 35.4 Å². The van der Waals surface area contributed by atoms with Crippen molar-refractivity contribution < 1.29 is 0 Å². The highest BCUT2D eigenvalue weighted by molar-refractivity contribution is 6.01. The second kappa shape index (κ2) is 3.95. The van der Waals surface area contributed by atoms with Crippen molar-refractivity contribution >= 4 is 5.71 Å². The first kappa shape index (κ1) is 9.45.